The number of esters is 2. The molecule has 0 amide bonds. The molecule has 0 aliphatic carbocycles. The first kappa shape index (κ1) is 22.4. The van der Waals surface area contributed by atoms with E-state index in [4.69, 9.17) is 18.9 Å². The summed E-state index contributed by atoms with van der Waals surface area (Å²) >= 11 is 0. The zero-order valence-corrected chi connectivity index (χ0v) is 18.2. The third kappa shape index (κ3) is 5.26. The average Bonchev–Trinajstić information content (AvgIpc) is 2.78. The summed E-state index contributed by atoms with van der Waals surface area (Å²) in [6.45, 7) is 6.21. The lowest BCUT2D eigenvalue weighted by Crippen LogP contribution is -2.16. The topological polar surface area (TPSA) is 71.1 Å². The van der Waals surface area contributed by atoms with E-state index in [0.717, 1.165) is 39.9 Å². The molecule has 0 N–H and O–H groups in total. The molecule has 0 radical (unpaired) electrons. The lowest BCUT2D eigenvalue weighted by Gasteiger charge is -2.18. The monoisotopic (exact) mass is 424 g/mol. The molecule has 0 fully saturated rings. The van der Waals surface area contributed by atoms with Crippen molar-refractivity contribution in [2.45, 2.75) is 33.6 Å². The second kappa shape index (κ2) is 10.7. The van der Waals surface area contributed by atoms with Crippen LogP contribution in [0.3, 0.4) is 0 Å². The van der Waals surface area contributed by atoms with Crippen molar-refractivity contribution in [2.24, 2.45) is 0 Å². The first-order valence-corrected chi connectivity index (χ1v) is 10.6. The number of benzene rings is 3. The molecule has 6 heteroatoms. The van der Waals surface area contributed by atoms with Crippen LogP contribution in [0.5, 0.6) is 11.5 Å². The Labute approximate surface area is 182 Å². The van der Waals surface area contributed by atoms with Gasteiger partial charge in [-0.15, -0.1) is 0 Å². The lowest BCUT2D eigenvalue weighted by molar-refractivity contribution is -0.146. The summed E-state index contributed by atoms with van der Waals surface area (Å²) in [5.74, 6) is 0.360. The highest BCUT2D eigenvalue weighted by Gasteiger charge is 2.19. The molecular formula is C25H28O6. The van der Waals surface area contributed by atoms with Crippen molar-refractivity contribution in [1.82, 2.24) is 0 Å². The highest BCUT2D eigenvalue weighted by molar-refractivity contribution is 6.12. The van der Waals surface area contributed by atoms with Crippen LogP contribution in [-0.4, -0.2) is 38.4 Å². The molecule has 0 saturated carbocycles. The number of hydrogen-bond acceptors (Lipinski definition) is 6. The fourth-order valence-electron chi connectivity index (χ4n) is 3.40. The van der Waals surface area contributed by atoms with Crippen LogP contribution in [0.15, 0.2) is 42.5 Å². The zero-order chi connectivity index (χ0) is 22.2. The van der Waals surface area contributed by atoms with E-state index in [2.05, 4.69) is 0 Å². The minimum Gasteiger partial charge on any atom is -0.481 e. The summed E-state index contributed by atoms with van der Waals surface area (Å²) in [7, 11) is 0. The molecule has 0 aliphatic rings. The number of ether oxygens (including phenoxy) is 4. The van der Waals surface area contributed by atoms with E-state index in [0.29, 0.717) is 24.7 Å². The smallest absolute Gasteiger partial charge is 0.344 e. The lowest BCUT2D eigenvalue weighted by atomic mass is 9.97. The molecule has 0 heterocycles. The third-order valence-electron chi connectivity index (χ3n) is 4.76. The molecule has 0 bridgehead atoms. The molecule has 0 spiro atoms. The van der Waals surface area contributed by atoms with Crippen LogP contribution in [-0.2, 0) is 19.1 Å². The summed E-state index contributed by atoms with van der Waals surface area (Å²) in [4.78, 5) is 24.1. The van der Waals surface area contributed by atoms with Crippen molar-refractivity contribution in [2.75, 3.05) is 26.4 Å². The van der Waals surface area contributed by atoms with Crippen LogP contribution < -0.4 is 9.47 Å². The van der Waals surface area contributed by atoms with Gasteiger partial charge in [0.2, 0.25) is 0 Å². The van der Waals surface area contributed by atoms with E-state index in [9.17, 15) is 9.59 Å². The highest BCUT2D eigenvalue weighted by atomic mass is 16.6. The minimum absolute atomic E-state index is 0.184. The van der Waals surface area contributed by atoms with Gasteiger partial charge in [0.05, 0.1) is 13.2 Å². The molecule has 164 valence electrons. The van der Waals surface area contributed by atoms with Gasteiger partial charge in [-0.2, -0.15) is 0 Å². The van der Waals surface area contributed by atoms with Crippen molar-refractivity contribution in [1.29, 1.82) is 0 Å². The number of aryl methyl sites for hydroxylation is 1. The van der Waals surface area contributed by atoms with Gasteiger partial charge < -0.3 is 18.9 Å². The van der Waals surface area contributed by atoms with Gasteiger partial charge in [0.1, 0.15) is 11.5 Å². The maximum Gasteiger partial charge on any atom is 0.344 e. The molecule has 0 aromatic heterocycles. The van der Waals surface area contributed by atoms with E-state index < -0.39 is 11.9 Å². The zero-order valence-electron chi connectivity index (χ0n) is 18.2. The second-order valence-corrected chi connectivity index (χ2v) is 7.22. The quantitative estimate of drug-likeness (QED) is 0.338. The van der Waals surface area contributed by atoms with Gasteiger partial charge >= 0.3 is 11.9 Å². The first-order valence-electron chi connectivity index (χ1n) is 10.6. The van der Waals surface area contributed by atoms with Crippen LogP contribution in [0, 0.1) is 6.92 Å². The highest BCUT2D eigenvalue weighted by Crippen LogP contribution is 2.44. The average molecular weight is 424 g/mol. The predicted molar refractivity (Wildman–Crippen MR) is 120 cm³/mol. The normalized spacial score (nSPS) is 10.8. The van der Waals surface area contributed by atoms with Gasteiger partial charge in [0, 0.05) is 21.5 Å². The number of hydrogen-bond donors (Lipinski definition) is 0. The Balaban J connectivity index is 2.04. The maximum absolute atomic E-state index is 12.0. The van der Waals surface area contributed by atoms with Crippen LogP contribution in [0.2, 0.25) is 0 Å². The second-order valence-electron chi connectivity index (χ2n) is 7.22. The van der Waals surface area contributed by atoms with Gasteiger partial charge in [-0.05, 0) is 25.3 Å². The van der Waals surface area contributed by atoms with Crippen molar-refractivity contribution >= 4 is 33.5 Å². The Morgan fingerprint density at radius 3 is 1.81 bits per heavy atom. The van der Waals surface area contributed by atoms with Crippen molar-refractivity contribution in [3.05, 3.63) is 48.0 Å². The summed E-state index contributed by atoms with van der Waals surface area (Å²) in [5, 5.41) is 3.23. The fraction of sp³-hybridized carbons (Fsp3) is 0.360. The number of carbonyl (C=O) groups is 2. The van der Waals surface area contributed by atoms with Gasteiger partial charge in [-0.1, -0.05) is 56.3 Å². The number of rotatable bonds is 10. The first-order chi connectivity index (χ1) is 15.1. The van der Waals surface area contributed by atoms with Gasteiger partial charge in [0.25, 0.3) is 0 Å². The summed E-state index contributed by atoms with van der Waals surface area (Å²) in [6.07, 6.45) is 1.51. The van der Waals surface area contributed by atoms with Crippen molar-refractivity contribution < 1.29 is 28.5 Å². The Morgan fingerprint density at radius 2 is 1.23 bits per heavy atom. The largest absolute Gasteiger partial charge is 0.481 e. The van der Waals surface area contributed by atoms with E-state index >= 15 is 0 Å². The molecule has 0 atom stereocenters. The third-order valence-corrected chi connectivity index (χ3v) is 4.76. The van der Waals surface area contributed by atoms with E-state index in [1.54, 1.807) is 0 Å². The van der Waals surface area contributed by atoms with Crippen LogP contribution in [0.4, 0.5) is 0 Å². The number of carbonyl (C=O) groups excluding carboxylic acids is 2. The van der Waals surface area contributed by atoms with Crippen LogP contribution in [0.1, 0.15) is 32.3 Å². The molecule has 3 aromatic carbocycles. The minimum atomic E-state index is -0.411. The van der Waals surface area contributed by atoms with Gasteiger partial charge in [0.15, 0.2) is 13.2 Å². The van der Waals surface area contributed by atoms with Crippen LogP contribution in [0.25, 0.3) is 21.5 Å². The van der Waals surface area contributed by atoms with Crippen molar-refractivity contribution in [3.63, 3.8) is 0 Å². The summed E-state index contributed by atoms with van der Waals surface area (Å²) < 4.78 is 22.2. The van der Waals surface area contributed by atoms with Gasteiger partial charge in [-0.3, -0.25) is 0 Å². The fourth-order valence-corrected chi connectivity index (χ4v) is 3.40. The Hall–Kier alpha value is -3.28. The predicted octanol–water partition coefficient (Wildman–Crippen LogP) is 4.97. The Morgan fingerprint density at radius 1 is 0.710 bits per heavy atom. The standard InChI is InChI=1S/C25H28O6/c1-4-13-28-21(26)15-30-24-18-10-6-7-11-19(18)25(31-16-22(27)29-14-5-2)23-17(3)9-8-12-20(23)24/h6-12H,4-5,13-16H2,1-3H3. The van der Waals surface area contributed by atoms with Crippen molar-refractivity contribution in [3.8, 4) is 11.5 Å². The molecule has 3 rings (SSSR count). The SMILES string of the molecule is CCCOC(=O)COc1c2ccccc2c(OCC(=O)OCCC)c2c(C)cccc12. The van der Waals surface area contributed by atoms with E-state index in [-0.39, 0.29) is 13.2 Å². The Bertz CT molecular complexity index is 1070. The molecule has 3 aromatic rings. The Kier molecular flexibility index (Phi) is 7.70. The van der Waals surface area contributed by atoms with Crippen LogP contribution >= 0.6 is 0 Å². The summed E-state index contributed by atoms with van der Waals surface area (Å²) in [6, 6.07) is 13.4. The molecular weight excluding hydrogens is 396 g/mol. The van der Waals surface area contributed by atoms with E-state index in [1.807, 2.05) is 63.2 Å². The van der Waals surface area contributed by atoms with Gasteiger partial charge in [-0.25, -0.2) is 9.59 Å². The molecule has 6 nitrogen and oxygen atoms in total. The number of fused-ring (bicyclic) bond motifs is 2. The van der Waals surface area contributed by atoms with E-state index in [1.165, 1.54) is 0 Å². The molecule has 31 heavy (non-hydrogen) atoms. The maximum atomic E-state index is 12.0. The molecule has 0 saturated heterocycles. The summed E-state index contributed by atoms with van der Waals surface area (Å²) in [5.41, 5.74) is 0.971. The molecule has 0 aliphatic heterocycles. The molecule has 0 unspecified atom stereocenters.